The topological polar surface area (TPSA) is 92.0 Å². The Hall–Kier alpha value is -2.91. The molecule has 1 heterocycles. The summed E-state index contributed by atoms with van der Waals surface area (Å²) in [5.41, 5.74) is 0.378. The SMILES string of the molecule is CC1(C)CC(=O)c2cc(C#N)c(=O)n(CC(=O)Nc3ccc(Cl)cc3)c2C1. The minimum Gasteiger partial charge on any atom is -0.325 e. The molecule has 138 valence electrons. The number of nitriles is 1. The molecular formula is C20H18ClN3O3. The van der Waals surface area contributed by atoms with Gasteiger partial charge in [-0.25, -0.2) is 0 Å². The minimum absolute atomic E-state index is 0.121. The summed E-state index contributed by atoms with van der Waals surface area (Å²) < 4.78 is 1.25. The fourth-order valence-corrected chi connectivity index (χ4v) is 3.43. The first-order valence-electron chi connectivity index (χ1n) is 8.45. The van der Waals surface area contributed by atoms with Crippen LogP contribution < -0.4 is 10.9 Å². The van der Waals surface area contributed by atoms with Gasteiger partial charge in [-0.05, 0) is 42.2 Å². The Balaban J connectivity index is 1.99. The van der Waals surface area contributed by atoms with Gasteiger partial charge in [0.05, 0.1) is 0 Å². The molecule has 0 saturated heterocycles. The number of halogens is 1. The lowest BCUT2D eigenvalue weighted by molar-refractivity contribution is -0.116. The van der Waals surface area contributed by atoms with Crippen LogP contribution in [0.3, 0.4) is 0 Å². The van der Waals surface area contributed by atoms with Gasteiger partial charge in [-0.15, -0.1) is 0 Å². The highest BCUT2D eigenvalue weighted by Gasteiger charge is 2.34. The zero-order chi connectivity index (χ0) is 19.8. The van der Waals surface area contributed by atoms with E-state index in [2.05, 4.69) is 5.32 Å². The van der Waals surface area contributed by atoms with Gasteiger partial charge in [0.15, 0.2) is 5.78 Å². The monoisotopic (exact) mass is 383 g/mol. The zero-order valence-electron chi connectivity index (χ0n) is 15.0. The molecule has 0 radical (unpaired) electrons. The Bertz CT molecular complexity index is 1030. The fourth-order valence-electron chi connectivity index (χ4n) is 3.31. The molecular weight excluding hydrogens is 366 g/mol. The maximum atomic E-state index is 12.7. The van der Waals surface area contributed by atoms with E-state index in [-0.39, 0.29) is 23.3 Å². The van der Waals surface area contributed by atoms with Crippen molar-refractivity contribution in [1.29, 1.82) is 5.26 Å². The Kier molecular flexibility index (Phi) is 4.90. The summed E-state index contributed by atoms with van der Waals surface area (Å²) in [6.07, 6.45) is 0.809. The predicted octanol–water partition coefficient (Wildman–Crippen LogP) is 3.17. The van der Waals surface area contributed by atoms with Gasteiger partial charge in [0, 0.05) is 28.4 Å². The van der Waals surface area contributed by atoms with E-state index in [0.717, 1.165) is 0 Å². The lowest BCUT2D eigenvalue weighted by Gasteiger charge is -2.32. The van der Waals surface area contributed by atoms with Crippen molar-refractivity contribution in [2.45, 2.75) is 33.2 Å². The molecule has 7 heteroatoms. The summed E-state index contributed by atoms with van der Waals surface area (Å²) in [4.78, 5) is 37.6. The van der Waals surface area contributed by atoms with Crippen LogP contribution in [-0.2, 0) is 17.8 Å². The maximum absolute atomic E-state index is 12.7. The minimum atomic E-state index is -0.562. The van der Waals surface area contributed by atoms with Crippen molar-refractivity contribution in [3.05, 3.63) is 62.5 Å². The van der Waals surface area contributed by atoms with Crippen LogP contribution in [0.25, 0.3) is 0 Å². The van der Waals surface area contributed by atoms with Gasteiger partial charge >= 0.3 is 0 Å². The number of ketones is 1. The number of Topliss-reactive ketones (excluding diaryl/α,β-unsaturated/α-hetero) is 1. The van der Waals surface area contributed by atoms with Crippen molar-refractivity contribution in [2.24, 2.45) is 5.41 Å². The Morgan fingerprint density at radius 1 is 1.26 bits per heavy atom. The third kappa shape index (κ3) is 3.93. The van der Waals surface area contributed by atoms with Gasteiger partial charge in [0.2, 0.25) is 5.91 Å². The number of pyridine rings is 1. The third-order valence-electron chi connectivity index (χ3n) is 4.54. The summed E-state index contributed by atoms with van der Waals surface area (Å²) in [6.45, 7) is 3.60. The van der Waals surface area contributed by atoms with Crippen molar-refractivity contribution in [1.82, 2.24) is 4.57 Å². The molecule has 0 bridgehead atoms. The fraction of sp³-hybridized carbons (Fsp3) is 0.300. The number of amides is 1. The highest BCUT2D eigenvalue weighted by atomic mass is 35.5. The van der Waals surface area contributed by atoms with Gasteiger partial charge in [-0.2, -0.15) is 5.26 Å². The second kappa shape index (κ2) is 7.01. The van der Waals surface area contributed by atoms with Crippen LogP contribution in [-0.4, -0.2) is 16.3 Å². The molecule has 2 aromatic rings. The maximum Gasteiger partial charge on any atom is 0.269 e. The number of carbonyl (C=O) groups is 2. The number of hydrogen-bond donors (Lipinski definition) is 1. The second-order valence-electron chi connectivity index (χ2n) is 7.42. The van der Waals surface area contributed by atoms with E-state index in [1.165, 1.54) is 10.6 Å². The molecule has 0 fully saturated rings. The van der Waals surface area contributed by atoms with Crippen LogP contribution in [0.1, 0.15) is 41.9 Å². The molecule has 1 N–H and O–H groups in total. The molecule has 1 aliphatic carbocycles. The molecule has 1 amide bonds. The van der Waals surface area contributed by atoms with Crippen LogP contribution in [0, 0.1) is 16.7 Å². The number of rotatable bonds is 3. The molecule has 0 atom stereocenters. The molecule has 0 unspecified atom stereocenters. The van der Waals surface area contributed by atoms with Crippen molar-refractivity contribution in [3.8, 4) is 6.07 Å². The Morgan fingerprint density at radius 3 is 2.56 bits per heavy atom. The summed E-state index contributed by atoms with van der Waals surface area (Å²) >= 11 is 5.83. The van der Waals surface area contributed by atoms with E-state index in [4.69, 9.17) is 11.6 Å². The summed E-state index contributed by atoms with van der Waals surface area (Å²) in [7, 11) is 0. The van der Waals surface area contributed by atoms with E-state index >= 15 is 0 Å². The summed E-state index contributed by atoms with van der Waals surface area (Å²) in [5.74, 6) is -0.544. The van der Waals surface area contributed by atoms with Crippen molar-refractivity contribution in [3.63, 3.8) is 0 Å². The molecule has 27 heavy (non-hydrogen) atoms. The summed E-state index contributed by atoms with van der Waals surface area (Å²) in [5, 5.41) is 12.5. The smallest absolute Gasteiger partial charge is 0.269 e. The number of fused-ring (bicyclic) bond motifs is 1. The molecule has 6 nitrogen and oxygen atoms in total. The third-order valence-corrected chi connectivity index (χ3v) is 4.79. The largest absolute Gasteiger partial charge is 0.325 e. The Labute approximate surface area is 161 Å². The zero-order valence-corrected chi connectivity index (χ0v) is 15.8. The van der Waals surface area contributed by atoms with Gasteiger partial charge in [-0.3, -0.25) is 14.4 Å². The van der Waals surface area contributed by atoms with Gasteiger partial charge in [0.1, 0.15) is 18.2 Å². The van der Waals surface area contributed by atoms with Crippen LogP contribution >= 0.6 is 11.6 Å². The number of carbonyl (C=O) groups excluding carboxylic acids is 2. The number of nitrogens with zero attached hydrogens (tertiary/aromatic N) is 2. The molecule has 1 aliphatic rings. The quantitative estimate of drug-likeness (QED) is 0.881. The van der Waals surface area contributed by atoms with E-state index < -0.39 is 11.5 Å². The lowest BCUT2D eigenvalue weighted by atomic mass is 9.75. The first-order valence-corrected chi connectivity index (χ1v) is 8.83. The van der Waals surface area contributed by atoms with Crippen LogP contribution in [0.4, 0.5) is 5.69 Å². The second-order valence-corrected chi connectivity index (χ2v) is 7.85. The highest BCUT2D eigenvalue weighted by molar-refractivity contribution is 6.30. The predicted molar refractivity (Wildman–Crippen MR) is 102 cm³/mol. The normalized spacial score (nSPS) is 15.0. The highest BCUT2D eigenvalue weighted by Crippen LogP contribution is 2.34. The van der Waals surface area contributed by atoms with E-state index in [1.807, 2.05) is 19.9 Å². The van der Waals surface area contributed by atoms with Crippen molar-refractivity contribution in [2.75, 3.05) is 5.32 Å². The van der Waals surface area contributed by atoms with Crippen molar-refractivity contribution >= 4 is 29.0 Å². The standard InChI is InChI=1S/C20H18ClN3O3/c1-20(2)8-16-15(17(25)9-20)7-12(10-22)19(27)24(16)11-18(26)23-14-5-3-13(21)4-6-14/h3-7H,8-9,11H2,1-2H3,(H,23,26). The van der Waals surface area contributed by atoms with E-state index in [0.29, 0.717) is 34.8 Å². The number of benzene rings is 1. The lowest BCUT2D eigenvalue weighted by Crippen LogP contribution is -2.38. The van der Waals surface area contributed by atoms with Gasteiger partial charge in [0.25, 0.3) is 5.56 Å². The molecule has 0 aliphatic heterocycles. The molecule has 0 saturated carbocycles. The first-order chi connectivity index (χ1) is 12.7. The van der Waals surface area contributed by atoms with Gasteiger partial charge in [-0.1, -0.05) is 25.4 Å². The molecule has 1 aromatic heterocycles. The molecule has 3 rings (SSSR count). The number of hydrogen-bond acceptors (Lipinski definition) is 4. The number of anilines is 1. The number of aromatic nitrogens is 1. The van der Waals surface area contributed by atoms with Crippen LogP contribution in [0.15, 0.2) is 35.1 Å². The van der Waals surface area contributed by atoms with E-state index in [9.17, 15) is 19.6 Å². The average Bonchev–Trinajstić information content (AvgIpc) is 2.59. The Morgan fingerprint density at radius 2 is 1.93 bits per heavy atom. The number of nitrogens with one attached hydrogen (secondary N) is 1. The van der Waals surface area contributed by atoms with Gasteiger partial charge < -0.3 is 9.88 Å². The van der Waals surface area contributed by atoms with E-state index in [1.54, 1.807) is 24.3 Å². The van der Waals surface area contributed by atoms with Crippen molar-refractivity contribution < 1.29 is 9.59 Å². The molecule has 0 spiro atoms. The average molecular weight is 384 g/mol. The molecule has 1 aromatic carbocycles. The first kappa shape index (κ1) is 18.9. The van der Waals surface area contributed by atoms with Crippen LogP contribution in [0.2, 0.25) is 5.02 Å². The summed E-state index contributed by atoms with van der Waals surface area (Å²) in [6, 6.07) is 9.76. The van der Waals surface area contributed by atoms with Crippen LogP contribution in [0.5, 0.6) is 0 Å².